The molecule has 0 aliphatic carbocycles. The Morgan fingerprint density at radius 2 is 1.43 bits per heavy atom. The molecule has 10 nitrogen and oxygen atoms in total. The smallest absolute Gasteiger partial charge is 0.408 e. The molecular weight excluding hydrogens is 560 g/mol. The molecule has 4 aromatic rings. The maximum Gasteiger partial charge on any atom is 0.408 e. The fourth-order valence-corrected chi connectivity index (χ4v) is 4.98. The maximum absolute atomic E-state index is 13.9. The van der Waals surface area contributed by atoms with Crippen LogP contribution in [0.3, 0.4) is 0 Å². The molecule has 228 valence electrons. The predicted octanol–water partition coefficient (Wildman–Crippen LogP) is 3.60. The quantitative estimate of drug-likeness (QED) is 0.174. The molecule has 1 aromatic heterocycles. The lowest BCUT2D eigenvalue weighted by molar-refractivity contribution is -0.133. The first-order valence-corrected chi connectivity index (χ1v) is 14.6. The van der Waals surface area contributed by atoms with Gasteiger partial charge in [-0.1, -0.05) is 78.9 Å². The van der Waals surface area contributed by atoms with Crippen molar-refractivity contribution >= 4 is 34.6 Å². The number of epoxide rings is 1. The number of fused-ring (bicyclic) bond motifs is 1. The molecule has 3 aromatic carbocycles. The summed E-state index contributed by atoms with van der Waals surface area (Å²) in [6.45, 7) is 3.54. The van der Waals surface area contributed by atoms with Crippen LogP contribution in [0.2, 0.25) is 0 Å². The average Bonchev–Trinajstić information content (AvgIpc) is 3.67. The van der Waals surface area contributed by atoms with Crippen molar-refractivity contribution in [3.05, 3.63) is 108 Å². The van der Waals surface area contributed by atoms with Crippen LogP contribution in [0.5, 0.6) is 0 Å². The van der Waals surface area contributed by atoms with E-state index in [9.17, 15) is 19.2 Å². The van der Waals surface area contributed by atoms with Gasteiger partial charge in [-0.15, -0.1) is 0 Å². The van der Waals surface area contributed by atoms with E-state index in [1.807, 2.05) is 84.9 Å². The normalized spacial score (nSPS) is 17.6. The van der Waals surface area contributed by atoms with Crippen molar-refractivity contribution in [2.45, 2.75) is 57.0 Å². The number of rotatable bonds is 13. The summed E-state index contributed by atoms with van der Waals surface area (Å²) < 4.78 is 10.7. The van der Waals surface area contributed by atoms with Gasteiger partial charge in [0.05, 0.1) is 12.6 Å². The first-order valence-electron chi connectivity index (χ1n) is 14.6. The number of nitrogens with one attached hydrogen (secondary N) is 4. The van der Waals surface area contributed by atoms with Crippen molar-refractivity contribution in [2.24, 2.45) is 0 Å². The molecule has 3 amide bonds. The molecule has 2 heterocycles. The van der Waals surface area contributed by atoms with E-state index in [0.29, 0.717) is 0 Å². The third kappa shape index (κ3) is 7.70. The number of aromatic amines is 1. The lowest BCUT2D eigenvalue weighted by Gasteiger charge is -2.25. The Morgan fingerprint density at radius 1 is 0.818 bits per heavy atom. The molecule has 0 spiro atoms. The molecule has 0 radical (unpaired) electrons. The van der Waals surface area contributed by atoms with Gasteiger partial charge in [0.15, 0.2) is 5.78 Å². The van der Waals surface area contributed by atoms with Gasteiger partial charge in [0.2, 0.25) is 11.8 Å². The third-order valence-corrected chi connectivity index (χ3v) is 7.69. The number of para-hydroxylation sites is 1. The second-order valence-electron chi connectivity index (χ2n) is 11.2. The highest BCUT2D eigenvalue weighted by molar-refractivity contribution is 5.98. The van der Waals surface area contributed by atoms with Gasteiger partial charge in [0.25, 0.3) is 0 Å². The first-order chi connectivity index (χ1) is 21.2. The number of alkyl carbamates (subject to hydrolysis) is 1. The zero-order chi connectivity index (χ0) is 31.1. The van der Waals surface area contributed by atoms with Crippen LogP contribution < -0.4 is 16.0 Å². The fourth-order valence-electron chi connectivity index (χ4n) is 4.98. The molecule has 0 bridgehead atoms. The number of ether oxygens (including phenoxy) is 2. The van der Waals surface area contributed by atoms with Crippen LogP contribution in [0.1, 0.15) is 30.5 Å². The fraction of sp³-hybridized carbons (Fsp3) is 0.294. The summed E-state index contributed by atoms with van der Waals surface area (Å²) in [4.78, 5) is 56.1. The zero-order valence-corrected chi connectivity index (χ0v) is 24.7. The summed E-state index contributed by atoms with van der Waals surface area (Å²) in [6.07, 6.45) is 1.45. The minimum Gasteiger partial charge on any atom is -0.445 e. The summed E-state index contributed by atoms with van der Waals surface area (Å²) in [7, 11) is 0. The Hall–Kier alpha value is -4.96. The Morgan fingerprint density at radius 3 is 2.11 bits per heavy atom. The van der Waals surface area contributed by atoms with E-state index in [1.165, 1.54) is 6.92 Å². The van der Waals surface area contributed by atoms with Gasteiger partial charge in [-0.05, 0) is 43.0 Å². The van der Waals surface area contributed by atoms with Crippen molar-refractivity contribution < 1.29 is 28.7 Å². The number of hydrogen-bond acceptors (Lipinski definition) is 6. The number of ketones is 1. The molecule has 4 atom stereocenters. The van der Waals surface area contributed by atoms with E-state index < -0.39 is 41.6 Å². The number of benzene rings is 3. The Kier molecular flexibility index (Phi) is 9.40. The third-order valence-electron chi connectivity index (χ3n) is 7.69. The minimum atomic E-state index is -1.05. The largest absolute Gasteiger partial charge is 0.445 e. The second kappa shape index (κ2) is 13.6. The molecule has 4 N–H and O–H groups in total. The van der Waals surface area contributed by atoms with Gasteiger partial charge in [0, 0.05) is 23.5 Å². The average molecular weight is 597 g/mol. The number of aromatic nitrogens is 1. The van der Waals surface area contributed by atoms with Crippen LogP contribution in [0, 0.1) is 0 Å². The number of carbonyl (C=O) groups excluding carboxylic acids is 4. The predicted molar refractivity (Wildman–Crippen MR) is 165 cm³/mol. The number of amides is 3. The summed E-state index contributed by atoms with van der Waals surface area (Å²) in [5, 5.41) is 9.10. The van der Waals surface area contributed by atoms with Crippen molar-refractivity contribution in [1.82, 2.24) is 20.9 Å². The summed E-state index contributed by atoms with van der Waals surface area (Å²) in [5.41, 5.74) is 2.42. The molecule has 1 aliphatic rings. The van der Waals surface area contributed by atoms with E-state index in [4.69, 9.17) is 9.47 Å². The molecule has 5 rings (SSSR count). The van der Waals surface area contributed by atoms with Crippen LogP contribution in [0.4, 0.5) is 4.79 Å². The van der Waals surface area contributed by atoms with E-state index in [-0.39, 0.29) is 31.8 Å². The monoisotopic (exact) mass is 596 g/mol. The molecule has 44 heavy (non-hydrogen) atoms. The first kappa shape index (κ1) is 30.5. The van der Waals surface area contributed by atoms with E-state index in [1.54, 1.807) is 13.1 Å². The second-order valence-corrected chi connectivity index (χ2v) is 11.2. The van der Waals surface area contributed by atoms with Gasteiger partial charge >= 0.3 is 6.09 Å². The SMILES string of the molecule is CC(NC(=O)OCc1ccccc1)C(=O)N[C@@H](Cc1c[nH]c2ccccc12)C(=O)N[C@@H](Cc1ccccc1)C(=O)[C@@]1(C)CO1. The van der Waals surface area contributed by atoms with Gasteiger partial charge in [0.1, 0.15) is 24.3 Å². The maximum atomic E-state index is 13.9. The molecule has 1 saturated heterocycles. The standard InChI is InChI=1S/C34H36N4O6/c1-22(36-33(42)43-20-24-13-7-4-8-14-24)31(40)38-29(18-25-19-35-27-16-10-9-15-26(25)27)32(41)37-28(30(39)34(2)21-44-34)17-23-11-5-3-6-12-23/h3-16,19,22,28-29,35H,17-18,20-21H2,1-2H3,(H,36,42)(H,37,41)(H,38,40)/t22?,28-,29-,34+/m0/s1. The van der Waals surface area contributed by atoms with Crippen molar-refractivity contribution in [2.75, 3.05) is 6.61 Å². The van der Waals surface area contributed by atoms with Crippen LogP contribution in [-0.2, 0) is 43.3 Å². The summed E-state index contributed by atoms with van der Waals surface area (Å²) in [6, 6.07) is 23.3. The Bertz CT molecular complexity index is 1620. The molecule has 1 unspecified atom stereocenters. The van der Waals surface area contributed by atoms with E-state index in [0.717, 1.165) is 27.6 Å². The zero-order valence-electron chi connectivity index (χ0n) is 24.7. The van der Waals surface area contributed by atoms with Gasteiger partial charge in [-0.2, -0.15) is 0 Å². The number of hydrogen-bond donors (Lipinski definition) is 4. The molecule has 10 heteroatoms. The van der Waals surface area contributed by atoms with Crippen molar-refractivity contribution in [1.29, 1.82) is 0 Å². The Labute approximate surface area is 255 Å². The summed E-state index contributed by atoms with van der Waals surface area (Å²) >= 11 is 0. The summed E-state index contributed by atoms with van der Waals surface area (Å²) in [5.74, 6) is -1.34. The van der Waals surface area contributed by atoms with E-state index in [2.05, 4.69) is 20.9 Å². The highest BCUT2D eigenvalue weighted by Gasteiger charge is 2.50. The molecule has 1 fully saturated rings. The van der Waals surface area contributed by atoms with Crippen molar-refractivity contribution in [3.8, 4) is 0 Å². The van der Waals surface area contributed by atoms with Crippen LogP contribution in [-0.4, -0.2) is 59.0 Å². The van der Waals surface area contributed by atoms with Gasteiger partial charge < -0.3 is 30.4 Å². The van der Waals surface area contributed by atoms with Crippen LogP contribution in [0.15, 0.2) is 91.1 Å². The van der Waals surface area contributed by atoms with Crippen LogP contribution >= 0.6 is 0 Å². The van der Waals surface area contributed by atoms with Crippen LogP contribution in [0.25, 0.3) is 10.9 Å². The molecule has 1 aliphatic heterocycles. The highest BCUT2D eigenvalue weighted by Crippen LogP contribution is 2.29. The minimum absolute atomic E-state index is 0.0477. The number of H-pyrrole nitrogens is 1. The molecule has 0 saturated carbocycles. The van der Waals surface area contributed by atoms with Gasteiger partial charge in [-0.3, -0.25) is 14.4 Å². The lowest BCUT2D eigenvalue weighted by atomic mass is 9.94. The van der Waals surface area contributed by atoms with Crippen molar-refractivity contribution in [3.63, 3.8) is 0 Å². The number of Topliss-reactive ketones (excluding diaryl/α,β-unsaturated/α-hetero) is 1. The Balaban J connectivity index is 1.31. The highest BCUT2D eigenvalue weighted by atomic mass is 16.6. The molecular formula is C34H36N4O6. The topological polar surface area (TPSA) is 142 Å². The van der Waals surface area contributed by atoms with Gasteiger partial charge in [-0.25, -0.2) is 4.79 Å². The van der Waals surface area contributed by atoms with E-state index >= 15 is 0 Å². The number of carbonyl (C=O) groups is 4. The lowest BCUT2D eigenvalue weighted by Crippen LogP contribution is -2.57.